The van der Waals surface area contributed by atoms with Crippen LogP contribution in [0.3, 0.4) is 0 Å². The Labute approximate surface area is 347 Å². The van der Waals surface area contributed by atoms with E-state index in [1.165, 1.54) is 53.7 Å². The molecule has 58 heavy (non-hydrogen) atoms. The minimum atomic E-state index is -0.632. The Bertz CT molecular complexity index is 1690. The average molecular weight is 806 g/mol. The maximum atomic E-state index is 11.5. The van der Waals surface area contributed by atoms with Crippen molar-refractivity contribution in [1.82, 2.24) is 16.0 Å². The van der Waals surface area contributed by atoms with E-state index in [0.29, 0.717) is 12.8 Å². The first-order valence-electron chi connectivity index (χ1n) is 17.1. The second-order valence-corrected chi connectivity index (χ2v) is 11.5. The predicted octanol–water partition coefficient (Wildman–Crippen LogP) is 7.89. The Kier molecular flexibility index (Phi) is 35.4. The molecule has 0 fully saturated rings. The van der Waals surface area contributed by atoms with Gasteiger partial charge in [-0.3, -0.25) is 14.4 Å². The monoisotopic (exact) mass is 805 g/mol. The standard InChI is InChI=1S/C14H19NO3.C14H17NO3.C14H15NO3.4CH4/c3*1-11(16)15-13(14(17)18-2)10-6-9-12-7-4-3-5-8-12;;;;/h3-5,7-8,13H,6,9-10H2,1-2H3,(H,15,16);3-9,13H,10H2,1-2H3,(H,15,16);3-10H,1-2H3,(H,15,16);4*1H4/b;9-6+;9-6+,13-10-;;;;. The molecule has 12 nitrogen and oxygen atoms in total. The molecule has 0 radical (unpaired) electrons. The van der Waals surface area contributed by atoms with Crippen LogP contribution < -0.4 is 16.0 Å². The number of methoxy groups -OCH3 is 3. The van der Waals surface area contributed by atoms with Crippen molar-refractivity contribution >= 4 is 47.8 Å². The van der Waals surface area contributed by atoms with Crippen LogP contribution in [0.1, 0.15) is 86.4 Å². The van der Waals surface area contributed by atoms with Crippen molar-refractivity contribution in [2.45, 2.75) is 88.2 Å². The summed E-state index contributed by atoms with van der Waals surface area (Å²) in [6, 6.07) is 28.2. The predicted molar refractivity (Wildman–Crippen MR) is 235 cm³/mol. The van der Waals surface area contributed by atoms with Crippen molar-refractivity contribution in [2.75, 3.05) is 21.3 Å². The summed E-state index contributed by atoms with van der Waals surface area (Å²) in [5, 5.41) is 7.57. The maximum Gasteiger partial charge on any atom is 0.354 e. The van der Waals surface area contributed by atoms with Gasteiger partial charge in [0.15, 0.2) is 0 Å². The maximum absolute atomic E-state index is 11.5. The number of ether oxygens (including phenoxy) is 3. The van der Waals surface area contributed by atoms with Gasteiger partial charge in [-0.1, -0.05) is 145 Å². The number of esters is 3. The zero-order chi connectivity index (χ0) is 40.1. The van der Waals surface area contributed by atoms with E-state index in [1.807, 2.05) is 109 Å². The Morgan fingerprint density at radius 3 is 1.48 bits per heavy atom. The molecular weight excluding hydrogens is 739 g/mol. The topological polar surface area (TPSA) is 166 Å². The van der Waals surface area contributed by atoms with Gasteiger partial charge in [0.2, 0.25) is 17.7 Å². The summed E-state index contributed by atoms with van der Waals surface area (Å²) >= 11 is 0. The van der Waals surface area contributed by atoms with E-state index in [1.54, 1.807) is 6.08 Å². The number of benzene rings is 3. The van der Waals surface area contributed by atoms with E-state index in [0.717, 1.165) is 24.0 Å². The van der Waals surface area contributed by atoms with Crippen LogP contribution in [0.4, 0.5) is 0 Å². The fourth-order valence-electron chi connectivity index (χ4n) is 4.58. The third-order valence-corrected chi connectivity index (χ3v) is 7.08. The fourth-order valence-corrected chi connectivity index (χ4v) is 4.58. The van der Waals surface area contributed by atoms with Crippen LogP contribution in [0.25, 0.3) is 12.2 Å². The molecule has 0 heterocycles. The van der Waals surface area contributed by atoms with Crippen LogP contribution in [0, 0.1) is 0 Å². The third kappa shape index (κ3) is 27.3. The molecular formula is C46H67N3O9. The molecule has 12 heteroatoms. The van der Waals surface area contributed by atoms with Gasteiger partial charge >= 0.3 is 17.9 Å². The second kappa shape index (κ2) is 35.1. The molecule has 2 unspecified atom stereocenters. The lowest BCUT2D eigenvalue weighted by Gasteiger charge is -2.15. The number of aryl methyl sites for hydroxylation is 1. The summed E-state index contributed by atoms with van der Waals surface area (Å²) in [7, 11) is 3.89. The molecule has 3 N–H and O–H groups in total. The molecule has 0 bridgehead atoms. The average Bonchev–Trinajstić information content (AvgIpc) is 3.17. The van der Waals surface area contributed by atoms with Crippen molar-refractivity contribution in [3.63, 3.8) is 0 Å². The molecule has 0 saturated heterocycles. The van der Waals surface area contributed by atoms with E-state index in [9.17, 15) is 28.8 Å². The van der Waals surface area contributed by atoms with E-state index in [2.05, 4.69) is 30.2 Å². The molecule has 0 saturated carbocycles. The smallest absolute Gasteiger partial charge is 0.354 e. The highest BCUT2D eigenvalue weighted by atomic mass is 16.5. The molecule has 3 rings (SSSR count). The zero-order valence-electron chi connectivity index (χ0n) is 31.7. The molecule has 0 aliphatic carbocycles. The molecule has 2 atom stereocenters. The Balaban J connectivity index is -0.000000364. The van der Waals surface area contributed by atoms with Crippen LogP contribution in [0.5, 0.6) is 0 Å². The van der Waals surface area contributed by atoms with E-state index < -0.39 is 30.0 Å². The van der Waals surface area contributed by atoms with Gasteiger partial charge in [0.05, 0.1) is 21.3 Å². The highest BCUT2D eigenvalue weighted by molar-refractivity contribution is 5.93. The van der Waals surface area contributed by atoms with Crippen molar-refractivity contribution in [3.8, 4) is 0 Å². The number of carbonyl (C=O) groups is 6. The first-order valence-corrected chi connectivity index (χ1v) is 17.1. The van der Waals surface area contributed by atoms with Crippen LogP contribution in [-0.4, -0.2) is 69.0 Å². The lowest BCUT2D eigenvalue weighted by Crippen LogP contribution is -2.40. The van der Waals surface area contributed by atoms with Gasteiger partial charge in [-0.15, -0.1) is 0 Å². The van der Waals surface area contributed by atoms with Gasteiger partial charge in [0.1, 0.15) is 17.8 Å². The number of hydrogen-bond acceptors (Lipinski definition) is 9. The van der Waals surface area contributed by atoms with Gasteiger partial charge in [-0.05, 0) is 48.4 Å². The molecule has 3 amide bonds. The first kappa shape index (κ1) is 58.4. The fraction of sp³-hybridized carbons (Fsp3) is 0.348. The number of allylic oxidation sites excluding steroid dienone is 2. The SMILES string of the molecule is C.C.C.C.COC(=O)/C(=C/C=C/c1ccccc1)NC(C)=O.COC(=O)C(C/C=C/c1ccccc1)NC(C)=O.COC(=O)C(CCCc1ccccc1)NC(C)=O. The van der Waals surface area contributed by atoms with Crippen molar-refractivity contribution in [1.29, 1.82) is 0 Å². The van der Waals surface area contributed by atoms with Crippen molar-refractivity contribution < 1.29 is 43.0 Å². The third-order valence-electron chi connectivity index (χ3n) is 7.08. The summed E-state index contributed by atoms with van der Waals surface area (Å²) < 4.78 is 13.9. The Hall–Kier alpha value is -6.30. The van der Waals surface area contributed by atoms with Gasteiger partial charge in [0.25, 0.3) is 0 Å². The minimum absolute atomic E-state index is 0. The lowest BCUT2D eigenvalue weighted by molar-refractivity contribution is -0.145. The van der Waals surface area contributed by atoms with Crippen molar-refractivity contribution in [3.05, 3.63) is 132 Å². The zero-order valence-corrected chi connectivity index (χ0v) is 31.7. The lowest BCUT2D eigenvalue weighted by atomic mass is 10.0. The molecule has 0 aromatic heterocycles. The summed E-state index contributed by atoms with van der Waals surface area (Å²) in [6.07, 6.45) is 11.4. The quantitative estimate of drug-likeness (QED) is 0.0599. The summed E-state index contributed by atoms with van der Waals surface area (Å²) in [5.74, 6) is -2.20. The molecule has 0 aliphatic heterocycles. The Morgan fingerprint density at radius 2 is 1.03 bits per heavy atom. The number of amides is 3. The highest BCUT2D eigenvalue weighted by Gasteiger charge is 2.19. The molecule has 3 aromatic carbocycles. The number of carbonyl (C=O) groups excluding carboxylic acids is 6. The molecule has 0 spiro atoms. The van der Waals surface area contributed by atoms with Crippen molar-refractivity contribution in [2.24, 2.45) is 0 Å². The minimum Gasteiger partial charge on any atom is -0.467 e. The largest absolute Gasteiger partial charge is 0.467 e. The van der Waals surface area contributed by atoms with Crippen LogP contribution >= 0.6 is 0 Å². The summed E-state index contributed by atoms with van der Waals surface area (Å²) in [6.45, 7) is 4.10. The second-order valence-electron chi connectivity index (χ2n) is 11.5. The normalized spacial score (nSPS) is 10.9. The highest BCUT2D eigenvalue weighted by Crippen LogP contribution is 2.08. The van der Waals surface area contributed by atoms with E-state index in [-0.39, 0.29) is 53.1 Å². The number of nitrogens with one attached hydrogen (secondary N) is 3. The van der Waals surface area contributed by atoms with Gasteiger partial charge in [-0.25, -0.2) is 14.4 Å². The van der Waals surface area contributed by atoms with Crippen LogP contribution in [0.15, 0.2) is 115 Å². The number of rotatable bonds is 15. The summed E-state index contributed by atoms with van der Waals surface area (Å²) in [5.41, 5.74) is 3.38. The summed E-state index contributed by atoms with van der Waals surface area (Å²) in [4.78, 5) is 67.1. The van der Waals surface area contributed by atoms with Gasteiger partial charge < -0.3 is 30.2 Å². The van der Waals surface area contributed by atoms with E-state index >= 15 is 0 Å². The van der Waals surface area contributed by atoms with Gasteiger partial charge in [0, 0.05) is 20.8 Å². The molecule has 320 valence electrons. The molecule has 0 aliphatic rings. The number of hydrogen-bond donors (Lipinski definition) is 3. The molecule has 3 aromatic rings. The Morgan fingerprint density at radius 1 is 0.586 bits per heavy atom. The first-order chi connectivity index (χ1) is 25.9. The van der Waals surface area contributed by atoms with Crippen LogP contribution in [-0.2, 0) is 49.4 Å². The van der Waals surface area contributed by atoms with Crippen LogP contribution in [0.2, 0.25) is 0 Å². The van der Waals surface area contributed by atoms with Gasteiger partial charge in [-0.2, -0.15) is 0 Å². The van der Waals surface area contributed by atoms with E-state index in [4.69, 9.17) is 0 Å².